The van der Waals surface area contributed by atoms with Gasteiger partial charge in [-0.1, -0.05) is 99.1 Å². The molecule has 0 spiro atoms. The van der Waals surface area contributed by atoms with Crippen molar-refractivity contribution in [2.24, 2.45) is 17.8 Å². The summed E-state index contributed by atoms with van der Waals surface area (Å²) < 4.78 is 37.7. The quantitative estimate of drug-likeness (QED) is 0.0686. The summed E-state index contributed by atoms with van der Waals surface area (Å²) in [5.74, 6) is -0.541. The van der Waals surface area contributed by atoms with Crippen LogP contribution in [0.3, 0.4) is 0 Å². The Labute approximate surface area is 345 Å². The number of alkyl carbamates (subject to hydrolysis) is 1. The summed E-state index contributed by atoms with van der Waals surface area (Å²) in [6.45, 7) is 9.24. The first kappa shape index (κ1) is 43.4. The number of ether oxygens (including phenoxy) is 6. The van der Waals surface area contributed by atoms with Crippen LogP contribution < -0.4 is 5.32 Å². The number of carbonyl (C=O) groups excluding carboxylic acids is 2. The lowest BCUT2D eigenvalue weighted by atomic mass is 9.79. The lowest BCUT2D eigenvalue weighted by Crippen LogP contribution is -2.48. The minimum atomic E-state index is -0.820. The maximum absolute atomic E-state index is 13.0. The second-order valence-electron chi connectivity index (χ2n) is 15.2. The molecular weight excluding hydrogens is 757 g/mol. The van der Waals surface area contributed by atoms with Gasteiger partial charge in [-0.2, -0.15) is 0 Å². The van der Waals surface area contributed by atoms with Gasteiger partial charge in [0, 0.05) is 42.0 Å². The number of unbranched alkanes of at least 4 members (excludes halogenated alkanes) is 2. The Balaban J connectivity index is 0.970. The van der Waals surface area contributed by atoms with Crippen molar-refractivity contribution in [3.8, 4) is 22.5 Å². The molecule has 2 N–H and O–H groups in total. The fourth-order valence-corrected chi connectivity index (χ4v) is 7.57. The zero-order valence-electron chi connectivity index (χ0n) is 34.1. The summed E-state index contributed by atoms with van der Waals surface area (Å²) in [4.78, 5) is 36.3. The van der Waals surface area contributed by atoms with Gasteiger partial charge in [-0.15, -0.1) is 5.10 Å². The molecule has 0 radical (unpaired) electrons. The molecule has 3 unspecified atom stereocenters. The number of nitrogens with zero attached hydrogens (tertiary/aromatic N) is 3. The summed E-state index contributed by atoms with van der Waals surface area (Å²) >= 11 is 0. The van der Waals surface area contributed by atoms with Crippen molar-refractivity contribution in [3.63, 3.8) is 0 Å². The third-order valence-electron chi connectivity index (χ3n) is 11.3. The van der Waals surface area contributed by atoms with E-state index in [4.69, 9.17) is 33.5 Å². The van der Waals surface area contributed by atoms with Gasteiger partial charge in [0.1, 0.15) is 18.4 Å². The Hall–Kier alpha value is -5.15. The van der Waals surface area contributed by atoms with Crippen LogP contribution >= 0.6 is 0 Å². The van der Waals surface area contributed by atoms with Gasteiger partial charge >= 0.3 is 18.0 Å². The molecule has 6 atom stereocenters. The number of esters is 1. The van der Waals surface area contributed by atoms with Gasteiger partial charge in [0.15, 0.2) is 6.29 Å². The number of hydrogen-bond donors (Lipinski definition) is 2. The standard InChI is InChI=1S/C45H56N4O10/c1-30-31(2)39(29-57-43(52)33-14-6-4-7-15-33)58-44(32(30)3)56-27-26-55-25-24-54-23-22-49-42-37-19-12-11-18-36(37)38(59-45(53)46-21-13-5-8-20-40(50)51)28-34-16-9-10-17-35(34)41(42)47-48-49/h4,6-7,9-12,14-19,30-32,38-39,44H,5,8,13,20-29H2,1-3H3,(H,46,53)(H,50,51)/t30-,31-,32?,38?,39?,44-/m0/s1. The molecule has 14 heteroatoms. The highest BCUT2D eigenvalue weighted by atomic mass is 16.7. The normalized spacial score (nSPS) is 20.9. The van der Waals surface area contributed by atoms with E-state index in [0.717, 1.165) is 33.6 Å². The number of carboxylic acid groups (broad SMARTS) is 1. The topological polar surface area (TPSA) is 170 Å². The molecule has 14 nitrogen and oxygen atoms in total. The molecule has 316 valence electrons. The van der Waals surface area contributed by atoms with Crippen molar-refractivity contribution in [2.75, 3.05) is 46.2 Å². The zero-order valence-corrected chi connectivity index (χ0v) is 34.1. The van der Waals surface area contributed by atoms with Gasteiger partial charge in [-0.25, -0.2) is 14.3 Å². The molecule has 1 aliphatic carbocycles. The molecule has 4 aromatic rings. The molecule has 1 saturated heterocycles. The van der Waals surface area contributed by atoms with Gasteiger partial charge < -0.3 is 38.8 Å². The molecule has 3 aromatic carbocycles. The van der Waals surface area contributed by atoms with E-state index >= 15 is 0 Å². The molecule has 1 amide bonds. The number of amides is 1. The number of aromatic nitrogens is 3. The number of aliphatic carboxylic acids is 1. The summed E-state index contributed by atoms with van der Waals surface area (Å²) in [6.07, 6.45) is 0.689. The van der Waals surface area contributed by atoms with Crippen LogP contribution in [0.5, 0.6) is 0 Å². The minimum absolute atomic E-state index is 0.115. The van der Waals surface area contributed by atoms with Crippen molar-refractivity contribution >= 4 is 18.0 Å². The number of hydrogen-bond acceptors (Lipinski definition) is 11. The average molecular weight is 813 g/mol. The molecular formula is C45H56N4O10. The van der Waals surface area contributed by atoms with E-state index in [9.17, 15) is 14.4 Å². The van der Waals surface area contributed by atoms with Crippen molar-refractivity contribution in [2.45, 2.75) is 77.9 Å². The molecule has 0 bridgehead atoms. The molecule has 0 saturated carbocycles. The summed E-state index contributed by atoms with van der Waals surface area (Å²) in [7, 11) is 0. The van der Waals surface area contributed by atoms with Crippen LogP contribution in [0.2, 0.25) is 0 Å². The smallest absolute Gasteiger partial charge is 0.407 e. The van der Waals surface area contributed by atoms with Gasteiger partial charge in [0.2, 0.25) is 0 Å². The van der Waals surface area contributed by atoms with Crippen molar-refractivity contribution < 1.29 is 47.9 Å². The zero-order chi connectivity index (χ0) is 41.6. The maximum Gasteiger partial charge on any atom is 0.407 e. The van der Waals surface area contributed by atoms with Crippen LogP contribution in [0.25, 0.3) is 22.5 Å². The number of benzene rings is 3. The van der Waals surface area contributed by atoms with Crippen LogP contribution in [0.4, 0.5) is 4.79 Å². The molecule has 2 heterocycles. The molecule has 1 aliphatic heterocycles. The maximum atomic E-state index is 13.0. The Kier molecular flexibility index (Phi) is 16.0. The minimum Gasteiger partial charge on any atom is -0.481 e. The van der Waals surface area contributed by atoms with E-state index < -0.39 is 24.5 Å². The lowest BCUT2D eigenvalue weighted by molar-refractivity contribution is -0.256. The summed E-state index contributed by atoms with van der Waals surface area (Å²) in [5, 5.41) is 20.9. The number of nitrogens with one attached hydrogen (secondary N) is 1. The molecule has 1 fully saturated rings. The Morgan fingerprint density at radius 1 is 0.814 bits per heavy atom. The summed E-state index contributed by atoms with van der Waals surface area (Å²) in [5.41, 5.74) is 5.70. The van der Waals surface area contributed by atoms with Crippen LogP contribution in [-0.4, -0.2) is 96.7 Å². The van der Waals surface area contributed by atoms with Crippen LogP contribution in [0.15, 0.2) is 78.9 Å². The van der Waals surface area contributed by atoms with E-state index in [2.05, 4.69) is 36.4 Å². The number of rotatable bonds is 20. The number of carboxylic acids is 1. The predicted molar refractivity (Wildman–Crippen MR) is 218 cm³/mol. The SMILES string of the molecule is CC1[C@@H](OCCOCCOCCn2nnc3c2-c2ccccc2C(OC(=O)NCCCCCC(=O)O)Cc2ccccc2-3)OC(COC(=O)c2ccccc2)[C@@H](C)[C@@H]1C. The van der Waals surface area contributed by atoms with E-state index in [1.54, 1.807) is 12.1 Å². The predicted octanol–water partition coefficient (Wildman–Crippen LogP) is 7.12. The van der Waals surface area contributed by atoms with Crippen LogP contribution in [0, 0.1) is 17.8 Å². The van der Waals surface area contributed by atoms with E-state index in [1.807, 2.05) is 71.4 Å². The number of carbonyl (C=O) groups is 3. The second-order valence-corrected chi connectivity index (χ2v) is 15.2. The van der Waals surface area contributed by atoms with E-state index in [-0.39, 0.29) is 36.9 Å². The first-order valence-corrected chi connectivity index (χ1v) is 20.6. The van der Waals surface area contributed by atoms with Gasteiger partial charge in [0.05, 0.1) is 56.9 Å². The van der Waals surface area contributed by atoms with Gasteiger partial charge in [0.25, 0.3) is 0 Å². The van der Waals surface area contributed by atoms with E-state index in [0.29, 0.717) is 83.3 Å². The Morgan fingerprint density at radius 3 is 2.32 bits per heavy atom. The highest BCUT2D eigenvalue weighted by molar-refractivity contribution is 5.89. The van der Waals surface area contributed by atoms with Gasteiger partial charge in [-0.05, 0) is 42.4 Å². The first-order chi connectivity index (χ1) is 28.7. The average Bonchev–Trinajstić information content (AvgIpc) is 3.66. The molecule has 2 aliphatic rings. The third-order valence-corrected chi connectivity index (χ3v) is 11.3. The van der Waals surface area contributed by atoms with Gasteiger partial charge in [-0.3, -0.25) is 4.79 Å². The number of fused-ring (bicyclic) bond motifs is 5. The Morgan fingerprint density at radius 2 is 1.53 bits per heavy atom. The highest BCUT2D eigenvalue weighted by Crippen LogP contribution is 2.42. The molecule has 1 aromatic heterocycles. The first-order valence-electron chi connectivity index (χ1n) is 20.6. The van der Waals surface area contributed by atoms with Crippen LogP contribution in [0.1, 0.15) is 74.0 Å². The molecule has 59 heavy (non-hydrogen) atoms. The van der Waals surface area contributed by atoms with Crippen molar-refractivity contribution in [1.82, 2.24) is 20.3 Å². The highest BCUT2D eigenvalue weighted by Gasteiger charge is 2.40. The third kappa shape index (κ3) is 11.7. The van der Waals surface area contributed by atoms with E-state index in [1.165, 1.54) is 0 Å². The fraction of sp³-hybridized carbons (Fsp3) is 0.489. The second kappa shape index (κ2) is 21.7. The van der Waals surface area contributed by atoms with Crippen LogP contribution in [-0.2, 0) is 46.2 Å². The van der Waals surface area contributed by atoms with Crippen molar-refractivity contribution in [3.05, 3.63) is 95.6 Å². The molecule has 6 rings (SSSR count). The van der Waals surface area contributed by atoms with Crippen molar-refractivity contribution in [1.29, 1.82) is 0 Å². The fourth-order valence-electron chi connectivity index (χ4n) is 7.57. The lowest BCUT2D eigenvalue weighted by Gasteiger charge is -2.43. The Bertz CT molecular complexity index is 1970. The largest absolute Gasteiger partial charge is 0.481 e. The monoisotopic (exact) mass is 812 g/mol. The summed E-state index contributed by atoms with van der Waals surface area (Å²) in [6, 6.07) is 24.7.